The minimum Gasteiger partial charge on any atom is -0.362 e. The van der Waals surface area contributed by atoms with Crippen molar-refractivity contribution in [3.8, 4) is 0 Å². The summed E-state index contributed by atoms with van der Waals surface area (Å²) in [4.78, 5) is 17.6. The Morgan fingerprint density at radius 3 is 2.63 bits per heavy atom. The van der Waals surface area contributed by atoms with Gasteiger partial charge in [0, 0.05) is 11.9 Å². The molecular formula is C14H10N2OS2. The van der Waals surface area contributed by atoms with E-state index in [4.69, 9.17) is 12.2 Å². The van der Waals surface area contributed by atoms with Gasteiger partial charge in [-0.15, -0.1) is 0 Å². The average Bonchev–Trinajstić information content (AvgIpc) is 3.01. The monoisotopic (exact) mass is 286 g/mol. The second kappa shape index (κ2) is 5.03. The average molecular weight is 286 g/mol. The van der Waals surface area contributed by atoms with Crippen LogP contribution in [0.4, 0.5) is 5.69 Å². The number of carbonyl (C=O) groups excluding carboxylic acids is 1. The van der Waals surface area contributed by atoms with Gasteiger partial charge in [0.05, 0.1) is 10.6 Å². The number of nitrogens with one attached hydrogen (secondary N) is 1. The van der Waals surface area contributed by atoms with Gasteiger partial charge in [-0.2, -0.15) is 0 Å². The number of aromatic amines is 1. The highest BCUT2D eigenvalue weighted by Crippen LogP contribution is 2.35. The van der Waals surface area contributed by atoms with Crippen LogP contribution in [0, 0.1) is 0 Å². The molecular weight excluding hydrogens is 276 g/mol. The first-order valence-corrected chi connectivity index (χ1v) is 6.94. The van der Waals surface area contributed by atoms with Crippen molar-refractivity contribution in [2.24, 2.45) is 0 Å². The number of H-pyrrole nitrogens is 1. The van der Waals surface area contributed by atoms with Gasteiger partial charge in [0.15, 0.2) is 4.32 Å². The second-order valence-electron chi connectivity index (χ2n) is 3.98. The van der Waals surface area contributed by atoms with Crippen molar-refractivity contribution in [1.29, 1.82) is 0 Å². The number of rotatable bonds is 2. The van der Waals surface area contributed by atoms with E-state index in [1.807, 2.05) is 54.7 Å². The lowest BCUT2D eigenvalue weighted by Gasteiger charge is -2.13. The van der Waals surface area contributed by atoms with Gasteiger partial charge in [0.25, 0.3) is 5.91 Å². The number of benzene rings is 1. The van der Waals surface area contributed by atoms with Crippen LogP contribution in [-0.4, -0.2) is 15.2 Å². The van der Waals surface area contributed by atoms with Crippen molar-refractivity contribution in [3.63, 3.8) is 0 Å². The maximum Gasteiger partial charge on any atom is 0.270 e. The highest BCUT2D eigenvalue weighted by Gasteiger charge is 2.33. The second-order valence-corrected chi connectivity index (χ2v) is 5.65. The van der Waals surface area contributed by atoms with Crippen molar-refractivity contribution in [1.82, 2.24) is 4.98 Å². The lowest BCUT2D eigenvalue weighted by atomic mass is 10.3. The molecule has 94 valence electrons. The summed E-state index contributed by atoms with van der Waals surface area (Å²) in [6, 6.07) is 13.3. The number of carbonyl (C=O) groups is 1. The summed E-state index contributed by atoms with van der Waals surface area (Å²) in [5.41, 5.74) is 1.70. The Morgan fingerprint density at radius 1 is 1.16 bits per heavy atom. The first-order chi connectivity index (χ1) is 9.25. The molecule has 2 heterocycles. The van der Waals surface area contributed by atoms with Gasteiger partial charge in [-0.3, -0.25) is 9.69 Å². The van der Waals surface area contributed by atoms with E-state index in [0.717, 1.165) is 11.4 Å². The topological polar surface area (TPSA) is 36.1 Å². The summed E-state index contributed by atoms with van der Waals surface area (Å²) in [7, 11) is 0. The smallest absolute Gasteiger partial charge is 0.270 e. The number of amides is 1. The van der Waals surface area contributed by atoms with Crippen LogP contribution in [0.25, 0.3) is 6.08 Å². The number of thioether (sulfide) groups is 1. The zero-order valence-electron chi connectivity index (χ0n) is 9.87. The molecule has 0 spiro atoms. The van der Waals surface area contributed by atoms with Crippen LogP contribution in [-0.2, 0) is 4.79 Å². The van der Waals surface area contributed by atoms with Crippen LogP contribution in [0.1, 0.15) is 5.69 Å². The SMILES string of the molecule is O=C1/C(=C\c2ccc[nH]2)SC(=S)N1c1ccccc1. The number of aromatic nitrogens is 1. The fourth-order valence-corrected chi connectivity index (χ4v) is 3.13. The molecule has 0 saturated carbocycles. The van der Waals surface area contributed by atoms with E-state index in [-0.39, 0.29) is 5.91 Å². The van der Waals surface area contributed by atoms with Crippen molar-refractivity contribution in [2.45, 2.75) is 0 Å². The van der Waals surface area contributed by atoms with E-state index < -0.39 is 0 Å². The Bertz CT molecular complexity index is 647. The summed E-state index contributed by atoms with van der Waals surface area (Å²) < 4.78 is 0.564. The molecule has 1 aromatic heterocycles. The first kappa shape index (κ1) is 12.2. The summed E-state index contributed by atoms with van der Waals surface area (Å²) >= 11 is 6.61. The van der Waals surface area contributed by atoms with Gasteiger partial charge in [-0.05, 0) is 30.3 Å². The molecule has 5 heteroatoms. The molecule has 2 aromatic rings. The van der Waals surface area contributed by atoms with E-state index in [1.165, 1.54) is 11.8 Å². The van der Waals surface area contributed by atoms with Crippen molar-refractivity contribution >= 4 is 46.0 Å². The van der Waals surface area contributed by atoms with Crippen molar-refractivity contribution in [2.75, 3.05) is 4.90 Å². The largest absolute Gasteiger partial charge is 0.362 e. The standard InChI is InChI=1S/C14H10N2OS2/c17-13-12(9-10-5-4-8-15-10)19-14(18)16(13)11-6-2-1-3-7-11/h1-9,15H/b12-9+. The van der Waals surface area contributed by atoms with E-state index in [9.17, 15) is 4.79 Å². The highest BCUT2D eigenvalue weighted by atomic mass is 32.2. The summed E-state index contributed by atoms with van der Waals surface area (Å²) in [5.74, 6) is -0.0733. The number of para-hydroxylation sites is 1. The molecule has 1 aliphatic rings. The molecule has 0 bridgehead atoms. The maximum absolute atomic E-state index is 12.4. The third-order valence-electron chi connectivity index (χ3n) is 2.72. The van der Waals surface area contributed by atoms with E-state index in [1.54, 1.807) is 4.90 Å². The first-order valence-electron chi connectivity index (χ1n) is 5.72. The molecule has 0 radical (unpaired) electrons. The van der Waals surface area contributed by atoms with Crippen LogP contribution < -0.4 is 4.90 Å². The molecule has 3 rings (SSSR count). The summed E-state index contributed by atoms with van der Waals surface area (Å²) in [6.07, 6.45) is 3.64. The van der Waals surface area contributed by atoms with E-state index in [2.05, 4.69) is 4.98 Å². The Morgan fingerprint density at radius 2 is 1.95 bits per heavy atom. The Balaban J connectivity index is 1.94. The summed E-state index contributed by atoms with van der Waals surface area (Å²) in [6.45, 7) is 0. The molecule has 1 amide bonds. The number of nitrogens with zero attached hydrogens (tertiary/aromatic N) is 1. The maximum atomic E-state index is 12.4. The van der Waals surface area contributed by atoms with Gasteiger partial charge in [-0.25, -0.2) is 0 Å². The molecule has 3 nitrogen and oxygen atoms in total. The zero-order valence-corrected chi connectivity index (χ0v) is 11.5. The van der Waals surface area contributed by atoms with Crippen LogP contribution >= 0.6 is 24.0 Å². The predicted molar refractivity (Wildman–Crippen MR) is 82.9 cm³/mol. The van der Waals surface area contributed by atoms with E-state index in [0.29, 0.717) is 9.23 Å². The van der Waals surface area contributed by atoms with Crippen LogP contribution in [0.2, 0.25) is 0 Å². The number of thiocarbonyl (C=S) groups is 1. The minimum atomic E-state index is -0.0733. The van der Waals surface area contributed by atoms with Gasteiger partial charge >= 0.3 is 0 Å². The number of hydrogen-bond acceptors (Lipinski definition) is 3. The minimum absolute atomic E-state index is 0.0733. The van der Waals surface area contributed by atoms with E-state index >= 15 is 0 Å². The van der Waals surface area contributed by atoms with Crippen molar-refractivity contribution in [3.05, 3.63) is 59.3 Å². The quantitative estimate of drug-likeness (QED) is 0.679. The van der Waals surface area contributed by atoms with Gasteiger partial charge in [-0.1, -0.05) is 42.2 Å². The Kier molecular flexibility index (Phi) is 3.23. The molecule has 0 aliphatic carbocycles. The Labute approximate surface area is 120 Å². The summed E-state index contributed by atoms with van der Waals surface area (Å²) in [5, 5.41) is 0. The van der Waals surface area contributed by atoms with Crippen molar-refractivity contribution < 1.29 is 4.79 Å². The molecule has 1 saturated heterocycles. The zero-order chi connectivity index (χ0) is 13.2. The normalized spacial score (nSPS) is 17.5. The van der Waals surface area contributed by atoms with Gasteiger partial charge < -0.3 is 4.98 Å². The Hall–Kier alpha value is -1.85. The molecule has 1 aliphatic heterocycles. The molecule has 1 fully saturated rings. The third-order valence-corrected chi connectivity index (χ3v) is 4.02. The lowest BCUT2D eigenvalue weighted by molar-refractivity contribution is -0.113. The van der Waals surface area contributed by atoms with Crippen LogP contribution in [0.3, 0.4) is 0 Å². The highest BCUT2D eigenvalue weighted by molar-refractivity contribution is 8.27. The van der Waals surface area contributed by atoms with Crippen LogP contribution in [0.5, 0.6) is 0 Å². The molecule has 1 N–H and O–H groups in total. The lowest BCUT2D eigenvalue weighted by Crippen LogP contribution is -2.27. The van der Waals surface area contributed by atoms with Gasteiger partial charge in [0.1, 0.15) is 0 Å². The predicted octanol–water partition coefficient (Wildman–Crippen LogP) is 3.42. The fraction of sp³-hybridized carbons (Fsp3) is 0. The molecule has 19 heavy (non-hydrogen) atoms. The third kappa shape index (κ3) is 2.34. The fourth-order valence-electron chi connectivity index (χ4n) is 1.84. The molecule has 0 unspecified atom stereocenters. The van der Waals surface area contributed by atoms with Gasteiger partial charge in [0.2, 0.25) is 0 Å². The van der Waals surface area contributed by atoms with Crippen LogP contribution in [0.15, 0.2) is 53.6 Å². The molecule has 1 aromatic carbocycles. The number of anilines is 1. The molecule has 0 atom stereocenters. The number of hydrogen-bond donors (Lipinski definition) is 1.